The van der Waals surface area contributed by atoms with E-state index >= 15 is 0 Å². The third-order valence-corrected chi connectivity index (χ3v) is 5.71. The summed E-state index contributed by atoms with van der Waals surface area (Å²) in [4.78, 5) is 28.8. The zero-order chi connectivity index (χ0) is 17.4. The van der Waals surface area contributed by atoms with Crippen LogP contribution in [0.2, 0.25) is 0 Å². The number of carbonyl (C=O) groups is 2. The molecule has 1 aromatic carbocycles. The van der Waals surface area contributed by atoms with Crippen LogP contribution in [0.1, 0.15) is 49.8 Å². The Hall–Kier alpha value is -1.85. The molecular weight excluding hydrogens is 350 g/mol. The van der Waals surface area contributed by atoms with Crippen LogP contribution in [-0.4, -0.2) is 46.8 Å². The normalized spacial score (nSPS) is 26.7. The van der Waals surface area contributed by atoms with Gasteiger partial charge in [-0.15, -0.1) is 12.4 Å². The summed E-state index contributed by atoms with van der Waals surface area (Å²) in [5.41, 5.74) is 2.15. The Morgan fingerprint density at radius 3 is 2.73 bits per heavy atom. The lowest BCUT2D eigenvalue weighted by atomic mass is 9.93. The average molecular weight is 376 g/mol. The second-order valence-electron chi connectivity index (χ2n) is 7.36. The predicted octanol–water partition coefficient (Wildman–Crippen LogP) is 2.73. The number of hydrogen-bond donors (Lipinski definition) is 1. The highest BCUT2D eigenvalue weighted by Crippen LogP contribution is 2.33. The maximum Gasteiger partial charge on any atom is 0.225 e. The van der Waals surface area contributed by atoms with E-state index in [1.807, 2.05) is 41.4 Å². The molecule has 140 valence electrons. The van der Waals surface area contributed by atoms with Crippen LogP contribution >= 0.6 is 12.4 Å². The minimum Gasteiger partial charge on any atom is -0.341 e. The second-order valence-corrected chi connectivity index (χ2v) is 7.36. The molecular formula is C20H26ClN3O2. The number of halogens is 1. The van der Waals surface area contributed by atoms with Gasteiger partial charge in [0.15, 0.2) is 0 Å². The lowest BCUT2D eigenvalue weighted by molar-refractivity contribution is -0.134. The predicted molar refractivity (Wildman–Crippen MR) is 104 cm³/mol. The monoisotopic (exact) mass is 375 g/mol. The standard InChI is InChI=1S/C20H25N3O2.ClH/c1-14(24)23-11-8-15-4-2-3-5-18(15)19(23)12-20(25)22-10-9-16-6-7-17(13-22)21-16;/h2-5,8,11,16-17,19,21H,6-7,9-10,12-13H2,1H3;1H. The Labute approximate surface area is 160 Å². The second kappa shape index (κ2) is 7.80. The van der Waals surface area contributed by atoms with E-state index in [2.05, 4.69) is 5.32 Å². The number of benzene rings is 1. The van der Waals surface area contributed by atoms with Crippen LogP contribution in [-0.2, 0) is 9.59 Å². The van der Waals surface area contributed by atoms with Crippen LogP contribution < -0.4 is 5.32 Å². The Morgan fingerprint density at radius 2 is 1.92 bits per heavy atom. The van der Waals surface area contributed by atoms with Crippen molar-refractivity contribution in [2.75, 3.05) is 13.1 Å². The number of carbonyl (C=O) groups excluding carboxylic acids is 2. The molecule has 0 aromatic heterocycles. The van der Waals surface area contributed by atoms with Crippen molar-refractivity contribution >= 4 is 30.3 Å². The fraction of sp³-hybridized carbons (Fsp3) is 0.500. The molecule has 3 aliphatic rings. The Bertz CT molecular complexity index is 721. The quantitative estimate of drug-likeness (QED) is 0.864. The molecule has 3 atom stereocenters. The van der Waals surface area contributed by atoms with Gasteiger partial charge in [-0.25, -0.2) is 0 Å². The van der Waals surface area contributed by atoms with Gasteiger partial charge >= 0.3 is 0 Å². The van der Waals surface area contributed by atoms with Gasteiger partial charge in [-0.05, 0) is 36.5 Å². The molecule has 4 rings (SSSR count). The van der Waals surface area contributed by atoms with Gasteiger partial charge in [0.05, 0.1) is 12.5 Å². The summed E-state index contributed by atoms with van der Waals surface area (Å²) in [6.45, 7) is 3.17. The van der Waals surface area contributed by atoms with E-state index in [4.69, 9.17) is 0 Å². The van der Waals surface area contributed by atoms with Gasteiger partial charge in [0, 0.05) is 38.3 Å². The number of hydrogen-bond acceptors (Lipinski definition) is 3. The van der Waals surface area contributed by atoms with E-state index in [0.29, 0.717) is 18.5 Å². The first-order valence-electron chi connectivity index (χ1n) is 9.21. The molecule has 2 amide bonds. The Kier molecular flexibility index (Phi) is 5.68. The molecule has 26 heavy (non-hydrogen) atoms. The first kappa shape index (κ1) is 18.9. The largest absolute Gasteiger partial charge is 0.341 e. The molecule has 0 aliphatic carbocycles. The smallest absolute Gasteiger partial charge is 0.225 e. The highest BCUT2D eigenvalue weighted by Gasteiger charge is 2.34. The van der Waals surface area contributed by atoms with Gasteiger partial charge in [-0.1, -0.05) is 24.3 Å². The molecule has 1 aromatic rings. The molecule has 0 saturated carbocycles. The van der Waals surface area contributed by atoms with E-state index in [0.717, 1.165) is 37.1 Å². The van der Waals surface area contributed by atoms with Crippen molar-refractivity contribution in [3.63, 3.8) is 0 Å². The molecule has 0 radical (unpaired) electrons. The van der Waals surface area contributed by atoms with Crippen LogP contribution in [0.15, 0.2) is 30.5 Å². The lowest BCUT2D eigenvalue weighted by Crippen LogP contribution is -2.41. The first-order chi connectivity index (χ1) is 12.1. The van der Waals surface area contributed by atoms with E-state index in [-0.39, 0.29) is 30.3 Å². The molecule has 3 unspecified atom stereocenters. The molecule has 2 fully saturated rings. The molecule has 5 nitrogen and oxygen atoms in total. The molecule has 2 bridgehead atoms. The van der Waals surface area contributed by atoms with Crippen molar-refractivity contribution in [1.82, 2.24) is 15.1 Å². The fourth-order valence-corrected chi connectivity index (χ4v) is 4.38. The number of nitrogens with one attached hydrogen (secondary N) is 1. The minimum absolute atomic E-state index is 0. The summed E-state index contributed by atoms with van der Waals surface area (Å²) < 4.78 is 0. The van der Waals surface area contributed by atoms with Gasteiger partial charge in [-0.2, -0.15) is 0 Å². The van der Waals surface area contributed by atoms with Crippen LogP contribution in [0.5, 0.6) is 0 Å². The van der Waals surface area contributed by atoms with Crippen molar-refractivity contribution < 1.29 is 9.59 Å². The number of amides is 2. The topological polar surface area (TPSA) is 52.7 Å². The van der Waals surface area contributed by atoms with Crippen molar-refractivity contribution in [2.45, 2.75) is 50.7 Å². The third kappa shape index (κ3) is 3.64. The summed E-state index contributed by atoms with van der Waals surface area (Å²) >= 11 is 0. The van der Waals surface area contributed by atoms with Gasteiger partial charge < -0.3 is 15.1 Å². The Balaban J connectivity index is 0.00000196. The number of fused-ring (bicyclic) bond motifs is 3. The highest BCUT2D eigenvalue weighted by atomic mass is 35.5. The van der Waals surface area contributed by atoms with Crippen LogP contribution in [0.25, 0.3) is 6.08 Å². The average Bonchev–Trinajstić information content (AvgIpc) is 2.93. The molecule has 0 spiro atoms. The number of rotatable bonds is 2. The van der Waals surface area contributed by atoms with Crippen molar-refractivity contribution in [2.24, 2.45) is 0 Å². The molecule has 1 N–H and O–H groups in total. The lowest BCUT2D eigenvalue weighted by Gasteiger charge is -2.34. The zero-order valence-electron chi connectivity index (χ0n) is 15.1. The third-order valence-electron chi connectivity index (χ3n) is 5.71. The van der Waals surface area contributed by atoms with Gasteiger partial charge in [0.25, 0.3) is 0 Å². The van der Waals surface area contributed by atoms with E-state index < -0.39 is 0 Å². The van der Waals surface area contributed by atoms with Crippen molar-refractivity contribution in [3.05, 3.63) is 41.6 Å². The summed E-state index contributed by atoms with van der Waals surface area (Å²) in [6.07, 6.45) is 7.52. The number of nitrogens with zero attached hydrogens (tertiary/aromatic N) is 2. The molecule has 2 saturated heterocycles. The maximum absolute atomic E-state index is 13.0. The van der Waals surface area contributed by atoms with Crippen molar-refractivity contribution in [1.29, 1.82) is 0 Å². The van der Waals surface area contributed by atoms with Gasteiger partial charge in [-0.3, -0.25) is 9.59 Å². The Morgan fingerprint density at radius 1 is 1.15 bits per heavy atom. The summed E-state index contributed by atoms with van der Waals surface area (Å²) in [7, 11) is 0. The van der Waals surface area contributed by atoms with E-state index in [1.165, 1.54) is 6.42 Å². The summed E-state index contributed by atoms with van der Waals surface area (Å²) in [6, 6.07) is 8.81. The highest BCUT2D eigenvalue weighted by molar-refractivity contribution is 5.85. The van der Waals surface area contributed by atoms with E-state index in [1.54, 1.807) is 11.8 Å². The first-order valence-corrected chi connectivity index (χ1v) is 9.21. The van der Waals surface area contributed by atoms with Crippen LogP contribution in [0.3, 0.4) is 0 Å². The van der Waals surface area contributed by atoms with Crippen LogP contribution in [0, 0.1) is 0 Å². The van der Waals surface area contributed by atoms with Crippen molar-refractivity contribution in [3.8, 4) is 0 Å². The van der Waals surface area contributed by atoms with Gasteiger partial charge in [0.1, 0.15) is 0 Å². The summed E-state index contributed by atoms with van der Waals surface area (Å²) in [5, 5.41) is 3.61. The van der Waals surface area contributed by atoms with E-state index in [9.17, 15) is 9.59 Å². The maximum atomic E-state index is 13.0. The number of likely N-dealkylation sites (tertiary alicyclic amines) is 1. The molecule has 3 aliphatic heterocycles. The zero-order valence-corrected chi connectivity index (χ0v) is 15.9. The summed E-state index contributed by atoms with van der Waals surface area (Å²) in [5.74, 6) is 0.121. The SMILES string of the molecule is CC(=O)N1C=Cc2ccccc2C1CC(=O)N1CCC2CCC(C1)N2.Cl. The van der Waals surface area contributed by atoms with Crippen LogP contribution in [0.4, 0.5) is 0 Å². The fourth-order valence-electron chi connectivity index (χ4n) is 4.38. The molecule has 6 heteroatoms. The van der Waals surface area contributed by atoms with Gasteiger partial charge in [0.2, 0.25) is 11.8 Å². The molecule has 3 heterocycles. The minimum atomic E-state index is -0.209.